The molecule has 2 heterocycles. The van der Waals surface area contributed by atoms with Gasteiger partial charge in [-0.2, -0.15) is 0 Å². The summed E-state index contributed by atoms with van der Waals surface area (Å²) in [4.78, 5) is 4.32. The molecular weight excluding hydrogens is 164 g/mol. The van der Waals surface area contributed by atoms with E-state index in [0.717, 1.165) is 17.0 Å². The summed E-state index contributed by atoms with van der Waals surface area (Å²) in [5.41, 5.74) is 2.65. The Kier molecular flexibility index (Phi) is 1.81. The Morgan fingerprint density at radius 3 is 2.85 bits per heavy atom. The molecule has 1 unspecified atom stereocenters. The van der Waals surface area contributed by atoms with E-state index >= 15 is 0 Å². The fourth-order valence-electron chi connectivity index (χ4n) is 1.53. The number of aryl methyl sites for hydroxylation is 1. The molecular formula is C10H12N2O. The second kappa shape index (κ2) is 2.85. The lowest BCUT2D eigenvalue weighted by atomic mass is 10.2. The van der Waals surface area contributed by atoms with Crippen LogP contribution in [0.15, 0.2) is 24.4 Å². The number of aliphatic hydroxyl groups excluding tert-OH is 1. The summed E-state index contributed by atoms with van der Waals surface area (Å²) in [6.07, 6.45) is 1.45. The molecule has 0 saturated carbocycles. The lowest BCUT2D eigenvalue weighted by Crippen LogP contribution is -1.94. The van der Waals surface area contributed by atoms with E-state index in [-0.39, 0.29) is 0 Å². The minimum atomic E-state index is -0.500. The molecule has 0 aromatic carbocycles. The van der Waals surface area contributed by atoms with Gasteiger partial charge in [-0.1, -0.05) is 6.07 Å². The summed E-state index contributed by atoms with van der Waals surface area (Å²) in [5.74, 6) is 0. The number of aromatic nitrogens is 2. The second-order valence-corrected chi connectivity index (χ2v) is 3.19. The molecule has 1 atom stereocenters. The molecule has 0 aliphatic rings. The maximum atomic E-state index is 9.43. The van der Waals surface area contributed by atoms with Crippen LogP contribution in [0, 0.1) is 6.92 Å². The van der Waals surface area contributed by atoms with Crippen LogP contribution in [-0.4, -0.2) is 14.5 Å². The van der Waals surface area contributed by atoms with Crippen molar-refractivity contribution in [2.75, 3.05) is 0 Å². The van der Waals surface area contributed by atoms with Crippen LogP contribution < -0.4 is 0 Å². The van der Waals surface area contributed by atoms with Crippen LogP contribution in [0.4, 0.5) is 0 Å². The number of fused-ring (bicyclic) bond motifs is 1. The second-order valence-electron chi connectivity index (χ2n) is 3.19. The molecule has 0 amide bonds. The van der Waals surface area contributed by atoms with Crippen LogP contribution in [-0.2, 0) is 0 Å². The minimum absolute atomic E-state index is 0.500. The third-order valence-corrected chi connectivity index (χ3v) is 2.20. The molecule has 68 valence electrons. The fraction of sp³-hybridized carbons (Fsp3) is 0.300. The van der Waals surface area contributed by atoms with Crippen LogP contribution in [0.5, 0.6) is 0 Å². The van der Waals surface area contributed by atoms with Crippen molar-refractivity contribution in [2.24, 2.45) is 0 Å². The van der Waals surface area contributed by atoms with Gasteiger partial charge in [0.15, 0.2) is 0 Å². The van der Waals surface area contributed by atoms with E-state index < -0.39 is 6.10 Å². The molecule has 0 fully saturated rings. The molecule has 2 rings (SSSR count). The molecule has 0 bridgehead atoms. The van der Waals surface area contributed by atoms with Crippen molar-refractivity contribution in [3.63, 3.8) is 0 Å². The topological polar surface area (TPSA) is 37.5 Å². The Balaban J connectivity index is 2.74. The molecule has 2 aromatic heterocycles. The van der Waals surface area contributed by atoms with Crippen LogP contribution in [0.3, 0.4) is 0 Å². The summed E-state index contributed by atoms with van der Waals surface area (Å²) < 4.78 is 1.97. The Hall–Kier alpha value is -1.35. The zero-order valence-electron chi connectivity index (χ0n) is 7.73. The van der Waals surface area contributed by atoms with Gasteiger partial charge in [-0.15, -0.1) is 0 Å². The number of imidazole rings is 1. The zero-order valence-corrected chi connectivity index (χ0v) is 7.73. The van der Waals surface area contributed by atoms with Gasteiger partial charge in [0.05, 0.1) is 11.8 Å². The van der Waals surface area contributed by atoms with E-state index in [2.05, 4.69) is 4.98 Å². The third kappa shape index (κ3) is 1.21. The van der Waals surface area contributed by atoms with Gasteiger partial charge in [0.2, 0.25) is 0 Å². The van der Waals surface area contributed by atoms with Crippen LogP contribution in [0.25, 0.3) is 5.65 Å². The van der Waals surface area contributed by atoms with Crippen molar-refractivity contribution < 1.29 is 5.11 Å². The highest BCUT2D eigenvalue weighted by molar-refractivity contribution is 5.43. The van der Waals surface area contributed by atoms with E-state index in [9.17, 15) is 5.11 Å². The van der Waals surface area contributed by atoms with Crippen LogP contribution in [0.2, 0.25) is 0 Å². The molecule has 13 heavy (non-hydrogen) atoms. The van der Waals surface area contributed by atoms with Crippen LogP contribution >= 0.6 is 0 Å². The lowest BCUT2D eigenvalue weighted by molar-refractivity contribution is 0.194. The highest BCUT2D eigenvalue weighted by atomic mass is 16.3. The highest BCUT2D eigenvalue weighted by Crippen LogP contribution is 2.17. The number of pyridine rings is 1. The molecule has 0 radical (unpaired) electrons. The van der Waals surface area contributed by atoms with Gasteiger partial charge in [0.1, 0.15) is 5.65 Å². The van der Waals surface area contributed by atoms with Gasteiger partial charge < -0.3 is 9.51 Å². The fourth-order valence-corrected chi connectivity index (χ4v) is 1.53. The lowest BCUT2D eigenvalue weighted by Gasteiger charge is -2.00. The van der Waals surface area contributed by atoms with Gasteiger partial charge in [0, 0.05) is 11.9 Å². The van der Waals surface area contributed by atoms with Gasteiger partial charge in [0.25, 0.3) is 0 Å². The average molecular weight is 176 g/mol. The minimum Gasteiger partial charge on any atom is -0.387 e. The molecule has 3 nitrogen and oxygen atoms in total. The van der Waals surface area contributed by atoms with E-state index in [4.69, 9.17) is 0 Å². The maximum Gasteiger partial charge on any atom is 0.137 e. The first-order valence-corrected chi connectivity index (χ1v) is 4.32. The molecule has 0 saturated heterocycles. The predicted molar refractivity (Wildman–Crippen MR) is 50.6 cm³/mol. The number of hydrogen-bond donors (Lipinski definition) is 1. The summed E-state index contributed by atoms with van der Waals surface area (Å²) >= 11 is 0. The highest BCUT2D eigenvalue weighted by Gasteiger charge is 2.11. The molecule has 0 aliphatic heterocycles. The first-order chi connectivity index (χ1) is 6.20. The van der Waals surface area contributed by atoms with Crippen molar-refractivity contribution in [3.8, 4) is 0 Å². The number of rotatable bonds is 1. The van der Waals surface area contributed by atoms with E-state index in [1.165, 1.54) is 0 Å². The standard InChI is InChI=1S/C10H12N2O/c1-7-10(8(2)13)11-9-5-3-4-6-12(7)9/h3-6,8,13H,1-2H3. The van der Waals surface area contributed by atoms with E-state index in [0.29, 0.717) is 0 Å². The zero-order chi connectivity index (χ0) is 9.42. The van der Waals surface area contributed by atoms with Gasteiger partial charge >= 0.3 is 0 Å². The quantitative estimate of drug-likeness (QED) is 0.718. The Morgan fingerprint density at radius 1 is 1.46 bits per heavy atom. The first-order valence-electron chi connectivity index (χ1n) is 4.32. The van der Waals surface area contributed by atoms with Gasteiger partial charge in [-0.05, 0) is 26.0 Å². The van der Waals surface area contributed by atoms with Gasteiger partial charge in [-0.25, -0.2) is 4.98 Å². The molecule has 1 N–H and O–H groups in total. The normalized spacial score (nSPS) is 13.5. The van der Waals surface area contributed by atoms with Crippen molar-refractivity contribution in [3.05, 3.63) is 35.8 Å². The number of hydrogen-bond acceptors (Lipinski definition) is 2. The van der Waals surface area contributed by atoms with E-state index in [1.807, 2.05) is 35.7 Å². The number of nitrogens with zero attached hydrogens (tertiary/aromatic N) is 2. The Morgan fingerprint density at radius 2 is 2.23 bits per heavy atom. The average Bonchev–Trinajstić information content (AvgIpc) is 2.45. The third-order valence-electron chi connectivity index (χ3n) is 2.20. The molecule has 2 aromatic rings. The Labute approximate surface area is 76.7 Å². The summed E-state index contributed by atoms with van der Waals surface area (Å²) in [6, 6.07) is 5.82. The van der Waals surface area contributed by atoms with Crippen molar-refractivity contribution in [2.45, 2.75) is 20.0 Å². The predicted octanol–water partition coefficient (Wildman–Crippen LogP) is 1.70. The first kappa shape index (κ1) is 8.26. The maximum absolute atomic E-state index is 9.43. The summed E-state index contributed by atoms with van der Waals surface area (Å²) in [7, 11) is 0. The molecule has 0 spiro atoms. The SMILES string of the molecule is Cc1c(C(C)O)nc2ccccn12. The van der Waals surface area contributed by atoms with Crippen molar-refractivity contribution in [1.29, 1.82) is 0 Å². The number of aliphatic hydroxyl groups is 1. The summed E-state index contributed by atoms with van der Waals surface area (Å²) in [5, 5.41) is 9.43. The van der Waals surface area contributed by atoms with E-state index in [1.54, 1.807) is 6.92 Å². The molecule has 0 aliphatic carbocycles. The van der Waals surface area contributed by atoms with Crippen molar-refractivity contribution in [1.82, 2.24) is 9.38 Å². The Bertz CT molecular complexity index is 431. The smallest absolute Gasteiger partial charge is 0.137 e. The van der Waals surface area contributed by atoms with Crippen LogP contribution in [0.1, 0.15) is 24.4 Å². The summed E-state index contributed by atoms with van der Waals surface area (Å²) in [6.45, 7) is 3.69. The monoisotopic (exact) mass is 176 g/mol. The largest absolute Gasteiger partial charge is 0.387 e. The molecule has 3 heteroatoms. The van der Waals surface area contributed by atoms with Crippen molar-refractivity contribution >= 4 is 5.65 Å². The van der Waals surface area contributed by atoms with Gasteiger partial charge in [-0.3, -0.25) is 0 Å².